The van der Waals surface area contributed by atoms with Gasteiger partial charge in [0.15, 0.2) is 5.65 Å². The Bertz CT molecular complexity index is 1570. The number of aromatic nitrogens is 5. The van der Waals surface area contributed by atoms with Crippen molar-refractivity contribution in [3.63, 3.8) is 0 Å². The zero-order valence-corrected chi connectivity index (χ0v) is 21.0. The number of anilines is 1. The van der Waals surface area contributed by atoms with Gasteiger partial charge in [-0.3, -0.25) is 0 Å². The van der Waals surface area contributed by atoms with Gasteiger partial charge in [-0.05, 0) is 43.7 Å². The molecule has 1 fully saturated rings. The predicted molar refractivity (Wildman–Crippen MR) is 143 cm³/mol. The summed E-state index contributed by atoms with van der Waals surface area (Å²) in [5.74, 6) is 2.64. The molecule has 1 N–H and O–H groups in total. The lowest BCUT2D eigenvalue weighted by Gasteiger charge is -2.42. The molecule has 0 spiro atoms. The van der Waals surface area contributed by atoms with Gasteiger partial charge in [-0.1, -0.05) is 41.9 Å². The van der Waals surface area contributed by atoms with E-state index in [0.717, 1.165) is 66.5 Å². The summed E-state index contributed by atoms with van der Waals surface area (Å²) in [7, 11) is 0. The SMILES string of the molecule is CC(c1ccccc1)n1c(C2CN(c3c4c(nc5ccnn35)CCNCC4)C2)nc2cc(Cl)ccc21. The third kappa shape index (κ3) is 3.49. The molecule has 2 aromatic carbocycles. The van der Waals surface area contributed by atoms with Gasteiger partial charge < -0.3 is 14.8 Å². The number of nitrogens with one attached hydrogen (secondary N) is 1. The van der Waals surface area contributed by atoms with Crippen molar-refractivity contribution >= 4 is 34.1 Å². The lowest BCUT2D eigenvalue weighted by Crippen LogP contribution is -2.48. The first-order valence-corrected chi connectivity index (χ1v) is 13.1. The summed E-state index contributed by atoms with van der Waals surface area (Å²) in [5.41, 5.74) is 6.81. The van der Waals surface area contributed by atoms with Gasteiger partial charge in [0.2, 0.25) is 0 Å². The quantitative estimate of drug-likeness (QED) is 0.392. The first-order chi connectivity index (χ1) is 17.7. The molecule has 182 valence electrons. The molecule has 1 atom stereocenters. The Kier molecular flexibility index (Phi) is 5.22. The van der Waals surface area contributed by atoms with E-state index < -0.39 is 0 Å². The summed E-state index contributed by atoms with van der Waals surface area (Å²) < 4.78 is 4.43. The smallest absolute Gasteiger partial charge is 0.157 e. The number of hydrogen-bond donors (Lipinski definition) is 1. The van der Waals surface area contributed by atoms with E-state index in [1.54, 1.807) is 0 Å². The van der Waals surface area contributed by atoms with Crippen molar-refractivity contribution in [3.05, 3.63) is 88.5 Å². The Morgan fingerprint density at radius 2 is 1.83 bits per heavy atom. The van der Waals surface area contributed by atoms with Gasteiger partial charge in [-0.2, -0.15) is 9.61 Å². The molecule has 3 aromatic heterocycles. The van der Waals surface area contributed by atoms with Crippen LogP contribution in [-0.2, 0) is 12.8 Å². The molecule has 1 saturated heterocycles. The van der Waals surface area contributed by atoms with Gasteiger partial charge in [0, 0.05) is 42.7 Å². The van der Waals surface area contributed by atoms with Gasteiger partial charge in [0.25, 0.3) is 0 Å². The van der Waals surface area contributed by atoms with Crippen LogP contribution in [0.2, 0.25) is 5.02 Å². The van der Waals surface area contributed by atoms with Gasteiger partial charge in [-0.25, -0.2) is 9.97 Å². The maximum Gasteiger partial charge on any atom is 0.157 e. The van der Waals surface area contributed by atoms with Crippen molar-refractivity contribution in [1.29, 1.82) is 0 Å². The average Bonchev–Trinajstić information content (AvgIpc) is 3.40. The fourth-order valence-corrected chi connectivity index (χ4v) is 5.99. The molecule has 5 aromatic rings. The molecule has 7 nitrogen and oxygen atoms in total. The number of halogens is 1. The monoisotopic (exact) mass is 497 g/mol. The van der Waals surface area contributed by atoms with E-state index in [2.05, 4.69) is 63.2 Å². The molecule has 0 aliphatic carbocycles. The average molecular weight is 498 g/mol. The summed E-state index contributed by atoms with van der Waals surface area (Å²) in [6.07, 6.45) is 3.77. The Balaban J connectivity index is 1.28. The van der Waals surface area contributed by atoms with E-state index in [1.165, 1.54) is 22.6 Å². The number of imidazole rings is 1. The Labute approximate surface area is 214 Å². The first-order valence-electron chi connectivity index (χ1n) is 12.7. The second-order valence-electron chi connectivity index (χ2n) is 9.87. The number of benzene rings is 2. The van der Waals surface area contributed by atoms with E-state index in [9.17, 15) is 0 Å². The second kappa shape index (κ2) is 8.61. The van der Waals surface area contributed by atoms with E-state index in [0.29, 0.717) is 5.92 Å². The van der Waals surface area contributed by atoms with Crippen LogP contribution in [0.3, 0.4) is 0 Å². The van der Waals surface area contributed by atoms with Crippen molar-refractivity contribution in [2.24, 2.45) is 0 Å². The minimum Gasteiger partial charge on any atom is -0.355 e. The summed E-state index contributed by atoms with van der Waals surface area (Å²) in [6.45, 7) is 6.00. The van der Waals surface area contributed by atoms with Crippen molar-refractivity contribution in [2.75, 3.05) is 31.1 Å². The molecule has 7 rings (SSSR count). The van der Waals surface area contributed by atoms with Gasteiger partial charge in [0.1, 0.15) is 11.6 Å². The normalized spacial score (nSPS) is 17.2. The molecule has 0 radical (unpaired) electrons. The van der Waals surface area contributed by atoms with Gasteiger partial charge >= 0.3 is 0 Å². The van der Waals surface area contributed by atoms with E-state index >= 15 is 0 Å². The Hall–Kier alpha value is -3.42. The number of fused-ring (bicyclic) bond motifs is 3. The maximum absolute atomic E-state index is 6.35. The van der Waals surface area contributed by atoms with E-state index in [4.69, 9.17) is 21.6 Å². The molecule has 2 aliphatic rings. The highest BCUT2D eigenvalue weighted by atomic mass is 35.5. The van der Waals surface area contributed by atoms with Crippen LogP contribution < -0.4 is 10.2 Å². The zero-order valence-electron chi connectivity index (χ0n) is 20.2. The number of nitrogens with zero attached hydrogens (tertiary/aromatic N) is 6. The first kappa shape index (κ1) is 21.8. The van der Waals surface area contributed by atoms with Crippen molar-refractivity contribution in [2.45, 2.75) is 31.7 Å². The molecule has 0 bridgehead atoms. The number of hydrogen-bond acceptors (Lipinski definition) is 5. The summed E-state index contributed by atoms with van der Waals surface area (Å²) in [5, 5.41) is 8.88. The minimum atomic E-state index is 0.169. The molecule has 36 heavy (non-hydrogen) atoms. The zero-order chi connectivity index (χ0) is 24.2. The third-order valence-corrected chi connectivity index (χ3v) is 7.91. The Morgan fingerprint density at radius 1 is 1.00 bits per heavy atom. The summed E-state index contributed by atoms with van der Waals surface area (Å²) in [6, 6.07) is 18.9. The van der Waals surface area contributed by atoms with Crippen LogP contribution in [0.4, 0.5) is 5.82 Å². The standard InChI is InChI=1S/C28H28ClN7/c1-18(19-5-3-2-4-6-19)35-25-8-7-21(29)15-24(25)33-27(35)20-16-34(17-20)28-22-9-12-30-13-10-23(22)32-26-11-14-31-36(26)28/h2-8,11,14-15,18,20,30H,9-10,12-13,16-17H2,1H3. The minimum absolute atomic E-state index is 0.169. The van der Waals surface area contributed by atoms with Crippen LogP contribution in [0.25, 0.3) is 16.7 Å². The van der Waals surface area contributed by atoms with E-state index in [-0.39, 0.29) is 6.04 Å². The summed E-state index contributed by atoms with van der Waals surface area (Å²) in [4.78, 5) is 12.5. The van der Waals surface area contributed by atoms with E-state index in [1.807, 2.05) is 28.9 Å². The highest BCUT2D eigenvalue weighted by Crippen LogP contribution is 2.38. The lowest BCUT2D eigenvalue weighted by atomic mass is 9.96. The van der Waals surface area contributed by atoms with Crippen LogP contribution in [0.15, 0.2) is 60.8 Å². The molecule has 5 heterocycles. The van der Waals surface area contributed by atoms with Crippen molar-refractivity contribution in [1.82, 2.24) is 29.5 Å². The largest absolute Gasteiger partial charge is 0.355 e. The highest BCUT2D eigenvalue weighted by molar-refractivity contribution is 6.31. The topological polar surface area (TPSA) is 63.3 Å². The van der Waals surface area contributed by atoms with Crippen molar-refractivity contribution < 1.29 is 0 Å². The molecule has 8 heteroatoms. The molecule has 0 amide bonds. The van der Waals surface area contributed by atoms with Crippen LogP contribution in [-0.4, -0.2) is 50.3 Å². The van der Waals surface area contributed by atoms with Crippen LogP contribution in [0, 0.1) is 0 Å². The molecule has 0 saturated carbocycles. The molecule has 2 aliphatic heterocycles. The van der Waals surface area contributed by atoms with Crippen LogP contribution in [0.5, 0.6) is 0 Å². The summed E-state index contributed by atoms with van der Waals surface area (Å²) >= 11 is 6.35. The Morgan fingerprint density at radius 3 is 2.69 bits per heavy atom. The molecular weight excluding hydrogens is 470 g/mol. The fraction of sp³-hybridized carbons (Fsp3) is 0.321. The van der Waals surface area contributed by atoms with Gasteiger partial charge in [0.05, 0.1) is 34.9 Å². The predicted octanol–water partition coefficient (Wildman–Crippen LogP) is 4.63. The molecule has 1 unspecified atom stereocenters. The highest BCUT2D eigenvalue weighted by Gasteiger charge is 2.36. The third-order valence-electron chi connectivity index (χ3n) is 7.68. The fourth-order valence-electron chi connectivity index (χ4n) is 5.82. The lowest BCUT2D eigenvalue weighted by molar-refractivity contribution is 0.461. The van der Waals surface area contributed by atoms with Crippen LogP contribution in [0.1, 0.15) is 41.5 Å². The van der Waals surface area contributed by atoms with Crippen LogP contribution >= 0.6 is 11.6 Å². The second-order valence-corrected chi connectivity index (χ2v) is 10.3. The maximum atomic E-state index is 6.35. The van der Waals surface area contributed by atoms with Crippen molar-refractivity contribution in [3.8, 4) is 0 Å². The number of rotatable bonds is 4. The molecular formula is C28H28ClN7. The van der Waals surface area contributed by atoms with Gasteiger partial charge in [-0.15, -0.1) is 0 Å².